The fourth-order valence-electron chi connectivity index (χ4n) is 4.16. The van der Waals surface area contributed by atoms with Gasteiger partial charge in [-0.2, -0.15) is 8.61 Å². The van der Waals surface area contributed by atoms with E-state index in [1.54, 1.807) is 24.3 Å². The average Bonchev–Trinajstić information content (AvgIpc) is 3.36. The van der Waals surface area contributed by atoms with Gasteiger partial charge in [0.15, 0.2) is 0 Å². The van der Waals surface area contributed by atoms with Crippen molar-refractivity contribution in [1.29, 1.82) is 0 Å². The molecule has 2 heterocycles. The maximum absolute atomic E-state index is 12.9. The fraction of sp³-hybridized carbons (Fsp3) is 0.435. The lowest BCUT2D eigenvalue weighted by Crippen LogP contribution is -2.37. The van der Waals surface area contributed by atoms with Gasteiger partial charge in [-0.05, 0) is 74.1 Å². The first-order valence-corrected chi connectivity index (χ1v) is 14.1. The van der Waals surface area contributed by atoms with Crippen LogP contribution in [0, 0.1) is 5.92 Å². The van der Waals surface area contributed by atoms with E-state index in [0.717, 1.165) is 25.7 Å². The number of rotatable bonds is 6. The molecule has 8 nitrogen and oxygen atoms in total. The van der Waals surface area contributed by atoms with Crippen molar-refractivity contribution in [3.05, 3.63) is 54.1 Å². The van der Waals surface area contributed by atoms with E-state index in [4.69, 9.17) is 0 Å². The Balaban J connectivity index is 1.46. The number of amides is 1. The number of benzene rings is 2. The molecule has 4 rings (SSSR count). The molecule has 0 atom stereocenters. The van der Waals surface area contributed by atoms with Crippen LogP contribution < -0.4 is 5.32 Å². The smallest absolute Gasteiger partial charge is 0.255 e. The molecule has 2 aliphatic heterocycles. The number of anilines is 1. The zero-order valence-electron chi connectivity index (χ0n) is 18.6. The molecule has 0 saturated carbocycles. The summed E-state index contributed by atoms with van der Waals surface area (Å²) in [7, 11) is -7.19. The van der Waals surface area contributed by atoms with Crippen LogP contribution in [0.4, 0.5) is 5.69 Å². The maximum Gasteiger partial charge on any atom is 0.255 e. The first-order valence-electron chi connectivity index (χ1n) is 11.2. The Morgan fingerprint density at radius 3 is 2.03 bits per heavy atom. The number of carbonyl (C=O) groups excluding carboxylic acids is 1. The van der Waals surface area contributed by atoms with Gasteiger partial charge in [0.25, 0.3) is 5.91 Å². The molecule has 2 fully saturated rings. The molecule has 10 heteroatoms. The van der Waals surface area contributed by atoms with E-state index in [1.807, 2.05) is 0 Å². The number of piperidine rings is 1. The van der Waals surface area contributed by atoms with Crippen LogP contribution in [-0.4, -0.2) is 57.5 Å². The quantitative estimate of drug-likeness (QED) is 0.669. The van der Waals surface area contributed by atoms with Gasteiger partial charge in [-0.1, -0.05) is 13.0 Å². The molecule has 0 spiro atoms. The number of nitrogens with zero attached hydrogens (tertiary/aromatic N) is 2. The molecule has 0 unspecified atom stereocenters. The van der Waals surface area contributed by atoms with Crippen molar-refractivity contribution in [2.45, 2.75) is 42.4 Å². The summed E-state index contributed by atoms with van der Waals surface area (Å²) in [6, 6.07) is 12.0. The molecule has 2 aliphatic rings. The molecule has 178 valence electrons. The number of hydrogen-bond acceptors (Lipinski definition) is 5. The third kappa shape index (κ3) is 5.13. The zero-order chi connectivity index (χ0) is 23.6. The van der Waals surface area contributed by atoms with Gasteiger partial charge in [-0.25, -0.2) is 16.8 Å². The molecule has 2 aromatic rings. The second kappa shape index (κ2) is 9.54. The second-order valence-corrected chi connectivity index (χ2v) is 12.6. The number of nitrogens with one attached hydrogen (secondary N) is 1. The summed E-state index contributed by atoms with van der Waals surface area (Å²) in [5, 5.41) is 2.71. The van der Waals surface area contributed by atoms with Crippen molar-refractivity contribution >= 4 is 31.6 Å². The Morgan fingerprint density at radius 1 is 0.818 bits per heavy atom. The number of hydrogen-bond donors (Lipinski definition) is 1. The lowest BCUT2D eigenvalue weighted by atomic mass is 10.0. The molecule has 0 radical (unpaired) electrons. The minimum Gasteiger partial charge on any atom is -0.322 e. The van der Waals surface area contributed by atoms with Gasteiger partial charge in [0.2, 0.25) is 20.0 Å². The highest BCUT2D eigenvalue weighted by atomic mass is 32.2. The predicted molar refractivity (Wildman–Crippen MR) is 126 cm³/mol. The SMILES string of the molecule is CC1CCN(S(=O)(=O)c2ccc(NC(=O)c3cccc(S(=O)(=O)N4CCCC4)c3)cc2)CC1. The van der Waals surface area contributed by atoms with Crippen LogP contribution in [-0.2, 0) is 20.0 Å². The lowest BCUT2D eigenvalue weighted by Gasteiger charge is -2.29. The van der Waals surface area contributed by atoms with Gasteiger partial charge < -0.3 is 5.32 Å². The van der Waals surface area contributed by atoms with Crippen LogP contribution in [0.2, 0.25) is 0 Å². The van der Waals surface area contributed by atoms with Gasteiger partial charge in [-0.15, -0.1) is 0 Å². The maximum atomic E-state index is 12.9. The highest BCUT2D eigenvalue weighted by Gasteiger charge is 2.29. The second-order valence-electron chi connectivity index (χ2n) is 8.70. The molecule has 2 saturated heterocycles. The van der Waals surface area contributed by atoms with Gasteiger partial charge in [0, 0.05) is 37.4 Å². The van der Waals surface area contributed by atoms with Crippen LogP contribution in [0.5, 0.6) is 0 Å². The lowest BCUT2D eigenvalue weighted by molar-refractivity contribution is 0.102. The molecule has 33 heavy (non-hydrogen) atoms. The fourth-order valence-corrected chi connectivity index (χ4v) is 7.20. The van der Waals surface area contributed by atoms with Crippen molar-refractivity contribution in [3.8, 4) is 0 Å². The van der Waals surface area contributed by atoms with E-state index in [1.165, 1.54) is 32.9 Å². The molecular weight excluding hydrogens is 462 g/mol. The van der Waals surface area contributed by atoms with Gasteiger partial charge in [0.1, 0.15) is 0 Å². The number of carbonyl (C=O) groups is 1. The van der Waals surface area contributed by atoms with Crippen molar-refractivity contribution in [2.75, 3.05) is 31.5 Å². The van der Waals surface area contributed by atoms with Crippen molar-refractivity contribution < 1.29 is 21.6 Å². The first kappa shape index (κ1) is 23.9. The monoisotopic (exact) mass is 491 g/mol. The van der Waals surface area contributed by atoms with Gasteiger partial charge in [-0.3, -0.25) is 4.79 Å². The van der Waals surface area contributed by atoms with E-state index >= 15 is 0 Å². The summed E-state index contributed by atoms with van der Waals surface area (Å²) >= 11 is 0. The third-order valence-electron chi connectivity index (χ3n) is 6.29. The van der Waals surface area contributed by atoms with Crippen LogP contribution in [0.3, 0.4) is 0 Å². The van der Waals surface area contributed by atoms with Crippen molar-refractivity contribution in [1.82, 2.24) is 8.61 Å². The standard InChI is InChI=1S/C23H29N3O5S2/c1-18-11-15-26(16-12-18)32(28,29)21-9-7-20(8-10-21)24-23(27)19-5-4-6-22(17-19)33(30,31)25-13-2-3-14-25/h4-10,17-18H,2-3,11-16H2,1H3,(H,24,27). The van der Waals surface area contributed by atoms with Crippen LogP contribution in [0.1, 0.15) is 43.0 Å². The van der Waals surface area contributed by atoms with E-state index in [9.17, 15) is 21.6 Å². The summed E-state index contributed by atoms with van der Waals surface area (Å²) in [5.74, 6) is 0.0620. The molecule has 1 amide bonds. The minimum absolute atomic E-state index is 0.0920. The first-order chi connectivity index (χ1) is 15.7. The Hall–Kier alpha value is -2.27. The van der Waals surface area contributed by atoms with Crippen molar-refractivity contribution in [3.63, 3.8) is 0 Å². The molecule has 0 bridgehead atoms. The van der Waals surface area contributed by atoms with Gasteiger partial charge in [0.05, 0.1) is 9.79 Å². The average molecular weight is 492 g/mol. The Bertz CT molecular complexity index is 1210. The third-order valence-corrected chi connectivity index (χ3v) is 10.1. The summed E-state index contributed by atoms with van der Waals surface area (Å²) in [6.45, 7) is 4.13. The van der Waals surface area contributed by atoms with Crippen LogP contribution in [0.25, 0.3) is 0 Å². The Kier molecular flexibility index (Phi) is 6.90. The molecular formula is C23H29N3O5S2. The molecule has 2 aromatic carbocycles. The predicted octanol–water partition coefficient (Wildman–Crippen LogP) is 3.14. The van der Waals surface area contributed by atoms with E-state index in [-0.39, 0.29) is 15.4 Å². The van der Waals surface area contributed by atoms with E-state index < -0.39 is 26.0 Å². The van der Waals surface area contributed by atoms with Crippen LogP contribution in [0.15, 0.2) is 58.3 Å². The normalized spacial score (nSPS) is 18.9. The van der Waals surface area contributed by atoms with Gasteiger partial charge >= 0.3 is 0 Å². The Morgan fingerprint density at radius 2 is 1.39 bits per heavy atom. The summed E-state index contributed by atoms with van der Waals surface area (Å²) < 4.78 is 54.2. The highest BCUT2D eigenvalue weighted by Crippen LogP contribution is 2.25. The summed E-state index contributed by atoms with van der Waals surface area (Å²) in [6.07, 6.45) is 3.36. The summed E-state index contributed by atoms with van der Waals surface area (Å²) in [5.41, 5.74) is 0.647. The summed E-state index contributed by atoms with van der Waals surface area (Å²) in [4.78, 5) is 13.0. The topological polar surface area (TPSA) is 104 Å². The van der Waals surface area contributed by atoms with Crippen LogP contribution >= 0.6 is 0 Å². The zero-order valence-corrected chi connectivity index (χ0v) is 20.2. The molecule has 0 aromatic heterocycles. The van der Waals surface area contributed by atoms with Crippen molar-refractivity contribution in [2.24, 2.45) is 5.92 Å². The number of sulfonamides is 2. The van der Waals surface area contributed by atoms with E-state index in [0.29, 0.717) is 37.8 Å². The molecule has 1 N–H and O–H groups in total. The minimum atomic E-state index is -3.62. The highest BCUT2D eigenvalue weighted by molar-refractivity contribution is 7.89. The van der Waals surface area contributed by atoms with E-state index in [2.05, 4.69) is 12.2 Å². The largest absolute Gasteiger partial charge is 0.322 e. The Labute approximate surface area is 195 Å². The molecule has 0 aliphatic carbocycles.